The van der Waals surface area contributed by atoms with Gasteiger partial charge in [0.2, 0.25) is 11.1 Å². The second-order valence-corrected chi connectivity index (χ2v) is 7.84. The van der Waals surface area contributed by atoms with E-state index in [9.17, 15) is 4.79 Å². The number of aryl methyl sites for hydroxylation is 3. The summed E-state index contributed by atoms with van der Waals surface area (Å²) < 4.78 is 1.71. The molecular weight excluding hydrogens is 370 g/mol. The van der Waals surface area contributed by atoms with Crippen LogP contribution in [-0.4, -0.2) is 37.9 Å². The summed E-state index contributed by atoms with van der Waals surface area (Å²) in [5.74, 6) is 0.266. The number of thioether (sulfide) groups is 1. The number of benzene rings is 2. The number of hydrogen-bond acceptors (Lipinski definition) is 5. The van der Waals surface area contributed by atoms with Crippen LogP contribution in [0.2, 0.25) is 0 Å². The van der Waals surface area contributed by atoms with Gasteiger partial charge in [-0.1, -0.05) is 60.3 Å². The number of amides is 1. The summed E-state index contributed by atoms with van der Waals surface area (Å²) in [4.78, 5) is 12.3. The fourth-order valence-electron chi connectivity index (χ4n) is 3.10. The molecule has 28 heavy (non-hydrogen) atoms. The Morgan fingerprint density at radius 1 is 1.11 bits per heavy atom. The highest BCUT2D eigenvalue weighted by molar-refractivity contribution is 7.99. The Bertz CT molecular complexity index is 905. The van der Waals surface area contributed by atoms with Crippen LogP contribution in [0.1, 0.15) is 30.0 Å². The number of nitrogens with zero attached hydrogens (tertiary/aromatic N) is 4. The smallest absolute Gasteiger partial charge is 0.230 e. The second kappa shape index (κ2) is 9.50. The maximum Gasteiger partial charge on any atom is 0.230 e. The first-order valence-corrected chi connectivity index (χ1v) is 10.3. The molecule has 6 nitrogen and oxygen atoms in total. The first kappa shape index (κ1) is 20.1. The molecule has 2 aromatic carbocycles. The summed E-state index contributed by atoms with van der Waals surface area (Å²) in [5, 5.41) is 15.7. The summed E-state index contributed by atoms with van der Waals surface area (Å²) in [6, 6.07) is 16.5. The van der Waals surface area contributed by atoms with Crippen LogP contribution < -0.4 is 5.32 Å². The molecule has 0 aliphatic heterocycles. The molecule has 0 radical (unpaired) electrons. The highest BCUT2D eigenvalue weighted by Crippen LogP contribution is 2.23. The zero-order valence-corrected chi connectivity index (χ0v) is 17.2. The Hall–Kier alpha value is -2.67. The molecule has 1 N–H and O–H groups in total. The molecule has 0 aliphatic rings. The third-order valence-electron chi connectivity index (χ3n) is 4.54. The Morgan fingerprint density at radius 2 is 1.82 bits per heavy atom. The standard InChI is InChI=1S/C21H25N5OS/c1-15-8-7-9-16(2)20(15)26-21(23-24-25-26)28-14-19(27)22-17(3)12-13-18-10-5-4-6-11-18/h4-11,17H,12-14H2,1-3H3,(H,22,27)/t17-/m0/s1. The molecule has 0 unspecified atom stereocenters. The summed E-state index contributed by atoms with van der Waals surface area (Å²) in [5.41, 5.74) is 4.43. The van der Waals surface area contributed by atoms with Crippen LogP contribution in [0.25, 0.3) is 5.69 Å². The maximum absolute atomic E-state index is 12.3. The number of carbonyl (C=O) groups is 1. The largest absolute Gasteiger partial charge is 0.353 e. The van der Waals surface area contributed by atoms with Crippen molar-refractivity contribution in [2.24, 2.45) is 0 Å². The molecule has 1 aromatic heterocycles. The monoisotopic (exact) mass is 395 g/mol. The SMILES string of the molecule is Cc1cccc(C)c1-n1nnnc1SCC(=O)N[C@@H](C)CCc1ccccc1. The predicted molar refractivity (Wildman–Crippen MR) is 112 cm³/mol. The number of rotatable bonds is 8. The molecule has 1 atom stereocenters. The molecule has 1 heterocycles. The van der Waals surface area contributed by atoms with Gasteiger partial charge in [-0.15, -0.1) is 5.10 Å². The summed E-state index contributed by atoms with van der Waals surface area (Å²) >= 11 is 1.35. The van der Waals surface area contributed by atoms with Gasteiger partial charge >= 0.3 is 0 Å². The fourth-order valence-corrected chi connectivity index (χ4v) is 3.78. The molecule has 3 rings (SSSR count). The molecule has 0 bridgehead atoms. The summed E-state index contributed by atoms with van der Waals surface area (Å²) in [7, 11) is 0. The Morgan fingerprint density at radius 3 is 2.54 bits per heavy atom. The van der Waals surface area contributed by atoms with Gasteiger partial charge in [-0.2, -0.15) is 4.68 Å². The Balaban J connectivity index is 1.53. The van der Waals surface area contributed by atoms with Crippen molar-refractivity contribution in [1.82, 2.24) is 25.5 Å². The van der Waals surface area contributed by atoms with E-state index < -0.39 is 0 Å². The minimum atomic E-state index is -0.0124. The van der Waals surface area contributed by atoms with Crippen molar-refractivity contribution in [2.45, 2.75) is 44.8 Å². The fraction of sp³-hybridized carbons (Fsp3) is 0.333. The van der Waals surface area contributed by atoms with Crippen LogP contribution in [0.4, 0.5) is 0 Å². The second-order valence-electron chi connectivity index (χ2n) is 6.90. The summed E-state index contributed by atoms with van der Waals surface area (Å²) in [6.07, 6.45) is 1.85. The topological polar surface area (TPSA) is 72.7 Å². The van der Waals surface area contributed by atoms with Crippen LogP contribution >= 0.6 is 11.8 Å². The van der Waals surface area contributed by atoms with Gasteiger partial charge in [0.15, 0.2) is 0 Å². The molecule has 0 fully saturated rings. The van der Waals surface area contributed by atoms with Crippen molar-refractivity contribution < 1.29 is 4.79 Å². The molecular formula is C21H25N5OS. The van der Waals surface area contributed by atoms with Gasteiger partial charge in [-0.3, -0.25) is 4.79 Å². The zero-order chi connectivity index (χ0) is 19.9. The highest BCUT2D eigenvalue weighted by atomic mass is 32.2. The van der Waals surface area contributed by atoms with E-state index in [0.717, 1.165) is 29.7 Å². The third-order valence-corrected chi connectivity index (χ3v) is 5.46. The van der Waals surface area contributed by atoms with E-state index in [1.807, 2.05) is 57.2 Å². The van der Waals surface area contributed by atoms with E-state index in [2.05, 4.69) is 33.0 Å². The average molecular weight is 396 g/mol. The minimum Gasteiger partial charge on any atom is -0.353 e. The van der Waals surface area contributed by atoms with Crippen LogP contribution in [0.15, 0.2) is 53.7 Å². The van der Waals surface area contributed by atoms with Gasteiger partial charge in [0.05, 0.1) is 11.4 Å². The number of aromatic nitrogens is 4. The lowest BCUT2D eigenvalue weighted by Gasteiger charge is -2.14. The molecule has 0 aliphatic carbocycles. The predicted octanol–water partition coefficient (Wildman–Crippen LogP) is 3.51. The minimum absolute atomic E-state index is 0.0124. The number of nitrogens with one attached hydrogen (secondary N) is 1. The number of hydrogen-bond donors (Lipinski definition) is 1. The van der Waals surface area contributed by atoms with E-state index in [-0.39, 0.29) is 17.7 Å². The Labute approximate surface area is 169 Å². The lowest BCUT2D eigenvalue weighted by Crippen LogP contribution is -2.34. The van der Waals surface area contributed by atoms with Crippen LogP contribution in [0, 0.1) is 13.8 Å². The van der Waals surface area contributed by atoms with Crippen LogP contribution in [0.5, 0.6) is 0 Å². The van der Waals surface area contributed by atoms with Gasteiger partial charge in [-0.05, 0) is 60.7 Å². The first-order chi connectivity index (χ1) is 13.5. The number of para-hydroxylation sites is 1. The highest BCUT2D eigenvalue weighted by Gasteiger charge is 2.15. The van der Waals surface area contributed by atoms with E-state index in [1.54, 1.807) is 4.68 Å². The van der Waals surface area contributed by atoms with Gasteiger partial charge < -0.3 is 5.32 Å². The van der Waals surface area contributed by atoms with Crippen molar-refractivity contribution in [1.29, 1.82) is 0 Å². The Kier molecular flexibility index (Phi) is 6.81. The normalized spacial score (nSPS) is 12.0. The first-order valence-electron chi connectivity index (χ1n) is 9.35. The average Bonchev–Trinajstić information content (AvgIpc) is 3.14. The van der Waals surface area contributed by atoms with Crippen molar-refractivity contribution in [3.8, 4) is 5.69 Å². The van der Waals surface area contributed by atoms with Gasteiger partial charge in [0.1, 0.15) is 0 Å². The molecule has 0 saturated heterocycles. The van der Waals surface area contributed by atoms with E-state index in [1.165, 1.54) is 17.3 Å². The van der Waals surface area contributed by atoms with Gasteiger partial charge in [-0.25, -0.2) is 0 Å². The number of tetrazole rings is 1. The van der Waals surface area contributed by atoms with E-state index >= 15 is 0 Å². The third kappa shape index (κ3) is 5.19. The maximum atomic E-state index is 12.3. The zero-order valence-electron chi connectivity index (χ0n) is 16.4. The van der Waals surface area contributed by atoms with Crippen molar-refractivity contribution >= 4 is 17.7 Å². The lowest BCUT2D eigenvalue weighted by atomic mass is 10.1. The molecule has 1 amide bonds. The van der Waals surface area contributed by atoms with E-state index in [4.69, 9.17) is 0 Å². The van der Waals surface area contributed by atoms with Crippen molar-refractivity contribution in [2.75, 3.05) is 5.75 Å². The molecule has 7 heteroatoms. The quantitative estimate of drug-likeness (QED) is 0.591. The van der Waals surface area contributed by atoms with Gasteiger partial charge in [0.25, 0.3) is 0 Å². The molecule has 0 spiro atoms. The lowest BCUT2D eigenvalue weighted by molar-refractivity contribution is -0.119. The summed E-state index contributed by atoms with van der Waals surface area (Å²) in [6.45, 7) is 6.09. The van der Waals surface area contributed by atoms with Gasteiger partial charge in [0, 0.05) is 6.04 Å². The molecule has 146 valence electrons. The van der Waals surface area contributed by atoms with E-state index in [0.29, 0.717) is 5.16 Å². The van der Waals surface area contributed by atoms with Crippen molar-refractivity contribution in [3.63, 3.8) is 0 Å². The molecule has 0 saturated carbocycles. The number of carbonyl (C=O) groups excluding carboxylic acids is 1. The van der Waals surface area contributed by atoms with Crippen molar-refractivity contribution in [3.05, 3.63) is 65.2 Å². The van der Waals surface area contributed by atoms with Crippen LogP contribution in [0.3, 0.4) is 0 Å². The molecule has 3 aromatic rings. The van der Waals surface area contributed by atoms with Crippen LogP contribution in [-0.2, 0) is 11.2 Å².